The van der Waals surface area contributed by atoms with E-state index in [-0.39, 0.29) is 19.2 Å². The molecule has 0 aliphatic carbocycles. The molecule has 0 bridgehead atoms. The summed E-state index contributed by atoms with van der Waals surface area (Å²) < 4.78 is 18.5. The minimum atomic E-state index is -0.408. The Balaban J connectivity index is 1.30. The van der Waals surface area contributed by atoms with Gasteiger partial charge in [0.15, 0.2) is 6.61 Å². The molecule has 1 aromatic heterocycles. The second-order valence-corrected chi connectivity index (χ2v) is 8.34. The average Bonchev–Trinajstić information content (AvgIpc) is 3.16. The van der Waals surface area contributed by atoms with E-state index in [0.717, 1.165) is 28.1 Å². The van der Waals surface area contributed by atoms with Crippen LogP contribution in [0.2, 0.25) is 0 Å². The molecule has 37 heavy (non-hydrogen) atoms. The molecular formula is C29H29N3O5. The van der Waals surface area contributed by atoms with Crippen molar-refractivity contribution in [2.24, 2.45) is 12.1 Å². The van der Waals surface area contributed by atoms with E-state index in [4.69, 9.17) is 14.2 Å². The van der Waals surface area contributed by atoms with Crippen molar-refractivity contribution < 1.29 is 23.8 Å². The summed E-state index contributed by atoms with van der Waals surface area (Å²) in [6.45, 7) is 4.19. The molecule has 0 unspecified atom stereocenters. The van der Waals surface area contributed by atoms with Crippen molar-refractivity contribution in [1.29, 1.82) is 0 Å². The average molecular weight is 500 g/mol. The number of fused-ring (bicyclic) bond motifs is 1. The van der Waals surface area contributed by atoms with Gasteiger partial charge in [0.25, 0.3) is 5.91 Å². The van der Waals surface area contributed by atoms with Crippen molar-refractivity contribution >= 4 is 29.0 Å². The molecule has 4 rings (SSSR count). The summed E-state index contributed by atoms with van der Waals surface area (Å²) in [5.74, 6) is 0.420. The first-order chi connectivity index (χ1) is 18.0. The number of hydrazone groups is 1. The van der Waals surface area contributed by atoms with Crippen LogP contribution in [-0.4, -0.2) is 35.9 Å². The fourth-order valence-corrected chi connectivity index (χ4v) is 3.85. The highest BCUT2D eigenvalue weighted by molar-refractivity contribution is 6.06. The number of hydrogen-bond donors (Lipinski definition) is 1. The van der Waals surface area contributed by atoms with Crippen LogP contribution in [0.25, 0.3) is 10.9 Å². The number of carbonyl (C=O) groups excluding carboxylic acids is 2. The molecular weight excluding hydrogens is 470 g/mol. The van der Waals surface area contributed by atoms with E-state index in [0.29, 0.717) is 23.3 Å². The number of ether oxygens (including phenoxy) is 3. The Hall–Kier alpha value is -4.59. The number of hydrogen-bond acceptors (Lipinski definition) is 6. The van der Waals surface area contributed by atoms with Crippen molar-refractivity contribution in [2.45, 2.75) is 20.5 Å². The molecule has 0 fully saturated rings. The minimum Gasteiger partial charge on any atom is -0.489 e. The van der Waals surface area contributed by atoms with Gasteiger partial charge in [-0.15, -0.1) is 0 Å². The van der Waals surface area contributed by atoms with Gasteiger partial charge in [0.05, 0.1) is 18.4 Å². The first-order valence-corrected chi connectivity index (χ1v) is 11.9. The largest absolute Gasteiger partial charge is 0.489 e. The second-order valence-electron chi connectivity index (χ2n) is 8.34. The van der Waals surface area contributed by atoms with E-state index >= 15 is 0 Å². The summed E-state index contributed by atoms with van der Waals surface area (Å²) in [6, 6.07) is 22.7. The summed E-state index contributed by atoms with van der Waals surface area (Å²) in [7, 11) is 1.89. The molecule has 0 spiro atoms. The lowest BCUT2D eigenvalue weighted by molar-refractivity contribution is -0.123. The summed E-state index contributed by atoms with van der Waals surface area (Å²) in [4.78, 5) is 24.7. The molecule has 190 valence electrons. The molecule has 1 N–H and O–H groups in total. The van der Waals surface area contributed by atoms with E-state index in [9.17, 15) is 9.59 Å². The third-order valence-corrected chi connectivity index (χ3v) is 5.84. The molecule has 0 aliphatic rings. The molecule has 1 amide bonds. The molecule has 0 saturated heterocycles. The summed E-state index contributed by atoms with van der Waals surface area (Å²) in [6.07, 6.45) is 1.54. The van der Waals surface area contributed by atoms with Crippen LogP contribution in [0.1, 0.15) is 34.1 Å². The quantitative estimate of drug-likeness (QED) is 0.193. The molecule has 0 radical (unpaired) electrons. The van der Waals surface area contributed by atoms with Crippen LogP contribution in [-0.2, 0) is 23.2 Å². The van der Waals surface area contributed by atoms with Crippen molar-refractivity contribution in [3.63, 3.8) is 0 Å². The minimum absolute atomic E-state index is 0.227. The first kappa shape index (κ1) is 25.5. The second kappa shape index (κ2) is 11.9. The molecule has 8 heteroatoms. The maximum absolute atomic E-state index is 12.5. The zero-order valence-corrected chi connectivity index (χ0v) is 21.1. The Kier molecular flexibility index (Phi) is 8.20. The summed E-state index contributed by atoms with van der Waals surface area (Å²) in [5, 5.41) is 4.70. The predicted molar refractivity (Wildman–Crippen MR) is 142 cm³/mol. The molecule has 0 aliphatic heterocycles. The topological polar surface area (TPSA) is 91.2 Å². The smallest absolute Gasteiger partial charge is 0.340 e. The van der Waals surface area contributed by atoms with Gasteiger partial charge in [-0.25, -0.2) is 10.2 Å². The SMILES string of the molecule is CCOC(=O)c1c(C)n(C)c2ccc(OCC(=O)N/N=C/c3ccc(OCc4ccccc4)cc3)cc12. The third-order valence-electron chi connectivity index (χ3n) is 5.84. The number of esters is 1. The van der Waals surface area contributed by atoms with E-state index in [1.807, 2.05) is 79.2 Å². The Morgan fingerprint density at radius 2 is 1.70 bits per heavy atom. The van der Waals surface area contributed by atoms with E-state index in [2.05, 4.69) is 10.5 Å². The van der Waals surface area contributed by atoms with Gasteiger partial charge in [0, 0.05) is 23.6 Å². The van der Waals surface area contributed by atoms with Gasteiger partial charge in [-0.05, 0) is 67.4 Å². The Morgan fingerprint density at radius 1 is 0.973 bits per heavy atom. The number of nitrogens with zero attached hydrogens (tertiary/aromatic N) is 2. The zero-order valence-electron chi connectivity index (χ0n) is 21.1. The van der Waals surface area contributed by atoms with Gasteiger partial charge in [0.2, 0.25) is 0 Å². The van der Waals surface area contributed by atoms with Crippen molar-refractivity contribution in [1.82, 2.24) is 9.99 Å². The number of aromatic nitrogens is 1. The number of nitrogens with one attached hydrogen (secondary N) is 1. The lowest BCUT2D eigenvalue weighted by atomic mass is 10.1. The Labute approximate surface area is 215 Å². The van der Waals surface area contributed by atoms with Gasteiger partial charge in [0.1, 0.15) is 18.1 Å². The summed E-state index contributed by atoms with van der Waals surface area (Å²) >= 11 is 0. The van der Waals surface area contributed by atoms with Crippen LogP contribution in [0.15, 0.2) is 77.9 Å². The van der Waals surface area contributed by atoms with Crippen LogP contribution in [0.3, 0.4) is 0 Å². The lowest BCUT2D eigenvalue weighted by Gasteiger charge is -2.07. The predicted octanol–water partition coefficient (Wildman–Crippen LogP) is 4.77. The van der Waals surface area contributed by atoms with Crippen LogP contribution in [0.5, 0.6) is 11.5 Å². The van der Waals surface area contributed by atoms with Crippen LogP contribution < -0.4 is 14.9 Å². The first-order valence-electron chi connectivity index (χ1n) is 11.9. The molecule has 0 saturated carbocycles. The molecule has 1 heterocycles. The molecule has 8 nitrogen and oxygen atoms in total. The number of carbonyl (C=O) groups is 2. The van der Waals surface area contributed by atoms with Crippen LogP contribution in [0, 0.1) is 6.92 Å². The number of amides is 1. The third kappa shape index (κ3) is 6.35. The van der Waals surface area contributed by atoms with Crippen molar-refractivity contribution in [2.75, 3.05) is 13.2 Å². The maximum Gasteiger partial charge on any atom is 0.340 e. The zero-order chi connectivity index (χ0) is 26.2. The van der Waals surface area contributed by atoms with E-state index in [1.165, 1.54) is 0 Å². The highest BCUT2D eigenvalue weighted by Gasteiger charge is 2.20. The fourth-order valence-electron chi connectivity index (χ4n) is 3.85. The van der Waals surface area contributed by atoms with Crippen LogP contribution >= 0.6 is 0 Å². The molecule has 4 aromatic rings. The monoisotopic (exact) mass is 499 g/mol. The van der Waals surface area contributed by atoms with E-state index in [1.54, 1.807) is 25.3 Å². The number of rotatable bonds is 10. The standard InChI is InChI=1S/C29H29N3O5/c1-4-35-29(34)28-20(2)32(3)26-15-14-24(16-25(26)28)37-19-27(33)31-30-17-21-10-12-23(13-11-21)36-18-22-8-6-5-7-9-22/h5-17H,4,18-19H2,1-3H3,(H,31,33)/b30-17+. The van der Waals surface area contributed by atoms with Crippen molar-refractivity contribution in [3.05, 3.63) is 95.2 Å². The number of benzene rings is 3. The highest BCUT2D eigenvalue weighted by Crippen LogP contribution is 2.29. The molecule has 0 atom stereocenters. The fraction of sp³-hybridized carbons (Fsp3) is 0.207. The van der Waals surface area contributed by atoms with E-state index < -0.39 is 5.91 Å². The highest BCUT2D eigenvalue weighted by atomic mass is 16.5. The summed E-state index contributed by atoms with van der Waals surface area (Å²) in [5.41, 5.74) is 6.53. The van der Waals surface area contributed by atoms with Gasteiger partial charge in [-0.3, -0.25) is 4.79 Å². The Bertz CT molecular complexity index is 1410. The number of aryl methyl sites for hydroxylation is 1. The van der Waals surface area contributed by atoms with Gasteiger partial charge < -0.3 is 18.8 Å². The van der Waals surface area contributed by atoms with Gasteiger partial charge in [-0.2, -0.15) is 5.10 Å². The maximum atomic E-state index is 12.5. The molecule has 3 aromatic carbocycles. The Morgan fingerprint density at radius 3 is 2.43 bits per heavy atom. The lowest BCUT2D eigenvalue weighted by Crippen LogP contribution is -2.24. The normalized spacial score (nSPS) is 11.0. The van der Waals surface area contributed by atoms with Crippen LogP contribution in [0.4, 0.5) is 0 Å². The van der Waals surface area contributed by atoms with Gasteiger partial charge in [-0.1, -0.05) is 30.3 Å². The van der Waals surface area contributed by atoms with Gasteiger partial charge >= 0.3 is 5.97 Å². The van der Waals surface area contributed by atoms with Crippen molar-refractivity contribution in [3.8, 4) is 11.5 Å².